The molecule has 0 bridgehead atoms. The van der Waals surface area contributed by atoms with Crippen molar-refractivity contribution in [2.75, 3.05) is 6.54 Å². The molecule has 2 N–H and O–H groups in total. The summed E-state index contributed by atoms with van der Waals surface area (Å²) in [5, 5.41) is 0.777. The monoisotopic (exact) mass is 259 g/mol. The second kappa shape index (κ2) is 6.03. The fraction of sp³-hybridized carbons (Fsp3) is 0.250. The van der Waals surface area contributed by atoms with Gasteiger partial charge in [0, 0.05) is 10.9 Å². The average Bonchev–Trinajstić information content (AvgIpc) is 2.39. The van der Waals surface area contributed by atoms with Gasteiger partial charge in [0.2, 0.25) is 0 Å². The lowest BCUT2D eigenvalue weighted by atomic mass is 9.89. The highest BCUT2D eigenvalue weighted by molar-refractivity contribution is 6.30. The van der Waals surface area contributed by atoms with Gasteiger partial charge in [0.1, 0.15) is 0 Å². The van der Waals surface area contributed by atoms with Gasteiger partial charge in [-0.05, 0) is 48.7 Å². The molecular formula is C16H18ClN. The van der Waals surface area contributed by atoms with Crippen molar-refractivity contribution in [2.45, 2.75) is 19.3 Å². The molecule has 0 aliphatic carbocycles. The molecule has 2 rings (SSSR count). The zero-order valence-corrected chi connectivity index (χ0v) is 11.3. The van der Waals surface area contributed by atoms with Crippen LogP contribution in [-0.4, -0.2) is 6.54 Å². The van der Waals surface area contributed by atoms with E-state index in [9.17, 15) is 0 Å². The Hall–Kier alpha value is -1.31. The predicted octanol–water partition coefficient (Wildman–Crippen LogP) is 3.93. The highest BCUT2D eigenvalue weighted by Crippen LogP contribution is 2.23. The smallest absolute Gasteiger partial charge is 0.0406 e. The SMILES string of the molecule is Cc1ccccc1C(CN)Cc1ccc(Cl)cc1. The maximum atomic E-state index is 5.93. The van der Waals surface area contributed by atoms with E-state index >= 15 is 0 Å². The third-order valence-electron chi connectivity index (χ3n) is 3.31. The van der Waals surface area contributed by atoms with Crippen molar-refractivity contribution in [3.63, 3.8) is 0 Å². The van der Waals surface area contributed by atoms with E-state index in [4.69, 9.17) is 17.3 Å². The Bertz CT molecular complexity index is 505. The maximum Gasteiger partial charge on any atom is 0.0406 e. The van der Waals surface area contributed by atoms with Crippen molar-refractivity contribution in [1.29, 1.82) is 0 Å². The lowest BCUT2D eigenvalue weighted by molar-refractivity contribution is 0.690. The number of hydrogen-bond acceptors (Lipinski definition) is 1. The molecule has 0 fully saturated rings. The highest BCUT2D eigenvalue weighted by atomic mass is 35.5. The van der Waals surface area contributed by atoms with Crippen molar-refractivity contribution < 1.29 is 0 Å². The minimum absolute atomic E-state index is 0.368. The third kappa shape index (κ3) is 3.12. The van der Waals surface area contributed by atoms with Crippen LogP contribution in [0.2, 0.25) is 5.02 Å². The van der Waals surface area contributed by atoms with Gasteiger partial charge >= 0.3 is 0 Å². The van der Waals surface area contributed by atoms with Crippen molar-refractivity contribution in [1.82, 2.24) is 0 Å². The summed E-state index contributed by atoms with van der Waals surface area (Å²) in [7, 11) is 0. The van der Waals surface area contributed by atoms with Crippen LogP contribution in [0, 0.1) is 6.92 Å². The van der Waals surface area contributed by atoms with Gasteiger partial charge in [-0.3, -0.25) is 0 Å². The molecule has 0 aromatic heterocycles. The molecule has 0 heterocycles. The van der Waals surface area contributed by atoms with Crippen LogP contribution in [0.1, 0.15) is 22.6 Å². The summed E-state index contributed by atoms with van der Waals surface area (Å²) in [6.45, 7) is 2.80. The van der Waals surface area contributed by atoms with Gasteiger partial charge in [0.05, 0.1) is 0 Å². The molecule has 0 aliphatic heterocycles. The van der Waals surface area contributed by atoms with E-state index in [0.717, 1.165) is 11.4 Å². The van der Waals surface area contributed by atoms with Crippen LogP contribution in [0.5, 0.6) is 0 Å². The van der Waals surface area contributed by atoms with Gasteiger partial charge in [-0.2, -0.15) is 0 Å². The lowest BCUT2D eigenvalue weighted by Crippen LogP contribution is -2.16. The summed E-state index contributed by atoms with van der Waals surface area (Å²) in [5.74, 6) is 0.368. The van der Waals surface area contributed by atoms with E-state index in [1.165, 1.54) is 16.7 Å². The molecule has 1 unspecified atom stereocenters. The second-order valence-corrected chi connectivity index (χ2v) is 5.06. The first-order valence-corrected chi connectivity index (χ1v) is 6.58. The predicted molar refractivity (Wildman–Crippen MR) is 78.1 cm³/mol. The number of benzene rings is 2. The Morgan fingerprint density at radius 3 is 2.33 bits per heavy atom. The van der Waals surface area contributed by atoms with Crippen LogP contribution in [0.3, 0.4) is 0 Å². The number of nitrogens with two attached hydrogens (primary N) is 1. The van der Waals surface area contributed by atoms with E-state index in [2.05, 4.69) is 43.3 Å². The maximum absolute atomic E-state index is 5.93. The van der Waals surface area contributed by atoms with Gasteiger partial charge < -0.3 is 5.73 Å². The molecule has 18 heavy (non-hydrogen) atoms. The first kappa shape index (κ1) is 13.1. The molecule has 2 aromatic carbocycles. The fourth-order valence-electron chi connectivity index (χ4n) is 2.27. The first-order chi connectivity index (χ1) is 8.70. The Labute approximate surface area is 114 Å². The molecule has 1 nitrogen and oxygen atoms in total. The number of hydrogen-bond donors (Lipinski definition) is 1. The Morgan fingerprint density at radius 2 is 1.72 bits per heavy atom. The van der Waals surface area contributed by atoms with Crippen molar-refractivity contribution >= 4 is 11.6 Å². The van der Waals surface area contributed by atoms with Gasteiger partial charge in [0.25, 0.3) is 0 Å². The molecule has 2 aromatic rings. The van der Waals surface area contributed by atoms with E-state index in [-0.39, 0.29) is 0 Å². The number of rotatable bonds is 4. The summed E-state index contributed by atoms with van der Waals surface area (Å²) < 4.78 is 0. The Kier molecular flexibility index (Phi) is 4.40. The number of halogens is 1. The van der Waals surface area contributed by atoms with Gasteiger partial charge in [-0.1, -0.05) is 48.0 Å². The van der Waals surface area contributed by atoms with E-state index in [1.54, 1.807) is 0 Å². The Balaban J connectivity index is 2.20. The average molecular weight is 260 g/mol. The van der Waals surface area contributed by atoms with E-state index in [1.807, 2.05) is 12.1 Å². The van der Waals surface area contributed by atoms with Crippen LogP contribution < -0.4 is 5.73 Å². The first-order valence-electron chi connectivity index (χ1n) is 6.20. The fourth-order valence-corrected chi connectivity index (χ4v) is 2.40. The molecule has 0 amide bonds. The minimum Gasteiger partial charge on any atom is -0.330 e. The summed E-state index contributed by atoms with van der Waals surface area (Å²) in [6.07, 6.45) is 0.957. The molecule has 1 atom stereocenters. The molecular weight excluding hydrogens is 242 g/mol. The molecule has 0 radical (unpaired) electrons. The molecule has 0 saturated carbocycles. The zero-order chi connectivity index (χ0) is 13.0. The van der Waals surface area contributed by atoms with Crippen molar-refractivity contribution in [3.8, 4) is 0 Å². The van der Waals surface area contributed by atoms with Crippen LogP contribution >= 0.6 is 11.6 Å². The Morgan fingerprint density at radius 1 is 1.06 bits per heavy atom. The summed E-state index contributed by atoms with van der Waals surface area (Å²) in [6, 6.07) is 16.5. The summed E-state index contributed by atoms with van der Waals surface area (Å²) in [4.78, 5) is 0. The largest absolute Gasteiger partial charge is 0.330 e. The minimum atomic E-state index is 0.368. The quantitative estimate of drug-likeness (QED) is 0.885. The van der Waals surface area contributed by atoms with E-state index < -0.39 is 0 Å². The van der Waals surface area contributed by atoms with Gasteiger partial charge in [-0.25, -0.2) is 0 Å². The lowest BCUT2D eigenvalue weighted by Gasteiger charge is -2.17. The van der Waals surface area contributed by atoms with Gasteiger partial charge in [0.15, 0.2) is 0 Å². The molecule has 94 valence electrons. The molecule has 0 saturated heterocycles. The summed E-state index contributed by atoms with van der Waals surface area (Å²) in [5.41, 5.74) is 9.85. The second-order valence-electron chi connectivity index (χ2n) is 4.62. The van der Waals surface area contributed by atoms with Crippen molar-refractivity contribution in [2.24, 2.45) is 5.73 Å². The van der Waals surface area contributed by atoms with E-state index in [0.29, 0.717) is 12.5 Å². The number of aryl methyl sites for hydroxylation is 1. The normalized spacial score (nSPS) is 12.4. The molecule has 0 spiro atoms. The zero-order valence-electron chi connectivity index (χ0n) is 10.6. The molecule has 2 heteroatoms. The third-order valence-corrected chi connectivity index (χ3v) is 3.56. The topological polar surface area (TPSA) is 26.0 Å². The van der Waals surface area contributed by atoms with Crippen LogP contribution in [-0.2, 0) is 6.42 Å². The van der Waals surface area contributed by atoms with Crippen LogP contribution in [0.15, 0.2) is 48.5 Å². The molecule has 0 aliphatic rings. The van der Waals surface area contributed by atoms with Gasteiger partial charge in [-0.15, -0.1) is 0 Å². The summed E-state index contributed by atoms with van der Waals surface area (Å²) >= 11 is 5.90. The van der Waals surface area contributed by atoms with Crippen molar-refractivity contribution in [3.05, 3.63) is 70.2 Å². The van der Waals surface area contributed by atoms with Crippen LogP contribution in [0.25, 0.3) is 0 Å². The van der Waals surface area contributed by atoms with Crippen LogP contribution in [0.4, 0.5) is 0 Å². The standard InChI is InChI=1S/C16H18ClN/c1-12-4-2-3-5-16(12)14(11-18)10-13-6-8-15(17)9-7-13/h2-9,14H,10-11,18H2,1H3. The highest BCUT2D eigenvalue weighted by Gasteiger charge is 2.12.